The van der Waals surface area contributed by atoms with E-state index >= 15 is 0 Å². The number of hydrogen-bond acceptors (Lipinski definition) is 4. The minimum absolute atomic E-state index is 0.127. The first-order valence-corrected chi connectivity index (χ1v) is 9.36. The van der Waals surface area contributed by atoms with Crippen molar-refractivity contribution in [2.24, 2.45) is 0 Å². The van der Waals surface area contributed by atoms with Crippen LogP contribution >= 0.6 is 0 Å². The van der Waals surface area contributed by atoms with E-state index in [2.05, 4.69) is 0 Å². The lowest BCUT2D eigenvalue weighted by Crippen LogP contribution is -2.40. The quantitative estimate of drug-likeness (QED) is 0.844. The van der Waals surface area contributed by atoms with Gasteiger partial charge in [-0.3, -0.25) is 4.79 Å². The zero-order valence-corrected chi connectivity index (χ0v) is 14.9. The largest absolute Gasteiger partial charge is 0.497 e. The maximum Gasteiger partial charge on any atom is 0.267 e. The number of hydrogen-bond donors (Lipinski definition) is 0. The summed E-state index contributed by atoms with van der Waals surface area (Å²) in [6, 6.07) is 13.5. The lowest BCUT2D eigenvalue weighted by atomic mass is 10.0. The Labute approximate surface area is 147 Å². The summed E-state index contributed by atoms with van der Waals surface area (Å²) in [6.07, 6.45) is 2.27. The molecule has 1 aliphatic rings. The Hall–Kier alpha value is -2.60. The van der Waals surface area contributed by atoms with Crippen LogP contribution in [-0.4, -0.2) is 32.3 Å². The second-order valence-corrected chi connectivity index (χ2v) is 7.69. The monoisotopic (exact) mass is 357 g/mol. The predicted octanol–water partition coefficient (Wildman–Crippen LogP) is 3.01. The van der Waals surface area contributed by atoms with Crippen molar-refractivity contribution in [1.29, 1.82) is 0 Å². The van der Waals surface area contributed by atoms with Crippen LogP contribution in [0.2, 0.25) is 0 Å². The summed E-state index contributed by atoms with van der Waals surface area (Å²) < 4.78 is 31.8. The van der Waals surface area contributed by atoms with Crippen LogP contribution in [0.15, 0.2) is 59.5 Å². The van der Waals surface area contributed by atoms with Crippen molar-refractivity contribution in [2.75, 3.05) is 13.7 Å². The average molecular weight is 357 g/mol. The molecule has 0 bridgehead atoms. The smallest absolute Gasteiger partial charge is 0.267 e. The summed E-state index contributed by atoms with van der Waals surface area (Å²) in [6.45, 7) is 2.03. The maximum absolute atomic E-state index is 12.8. The second-order valence-electron chi connectivity index (χ2n) is 5.83. The molecule has 1 amide bonds. The number of carbonyl (C=O) groups is 1. The van der Waals surface area contributed by atoms with Crippen LogP contribution in [0.1, 0.15) is 17.5 Å². The fraction of sp³-hybridized carbons (Fsp3) is 0.211. The standard InChI is InChI=1S/C19H19NO4S/c1-14-5-11-17(12-6-14)25(22,23)20-13-3-4-18(19(20)21)15-7-9-16(24-2)10-8-15/h4-12H,3,13H2,1-2H3. The summed E-state index contributed by atoms with van der Waals surface area (Å²) in [7, 11) is -2.30. The number of rotatable bonds is 4. The number of aryl methyl sites for hydroxylation is 1. The molecule has 3 rings (SSSR count). The van der Waals surface area contributed by atoms with Crippen molar-refractivity contribution in [2.45, 2.75) is 18.2 Å². The summed E-state index contributed by atoms with van der Waals surface area (Å²) in [5.41, 5.74) is 2.03. The van der Waals surface area contributed by atoms with E-state index in [9.17, 15) is 13.2 Å². The van der Waals surface area contributed by atoms with Crippen LogP contribution < -0.4 is 4.74 Å². The van der Waals surface area contributed by atoms with E-state index in [1.54, 1.807) is 49.6 Å². The van der Waals surface area contributed by atoms with E-state index in [4.69, 9.17) is 4.74 Å². The van der Waals surface area contributed by atoms with Crippen LogP contribution in [0, 0.1) is 6.92 Å². The molecule has 0 fully saturated rings. The number of sulfonamides is 1. The van der Waals surface area contributed by atoms with Crippen LogP contribution in [-0.2, 0) is 14.8 Å². The molecule has 130 valence electrons. The molecule has 0 unspecified atom stereocenters. The first kappa shape index (κ1) is 17.2. The van der Waals surface area contributed by atoms with Gasteiger partial charge >= 0.3 is 0 Å². The van der Waals surface area contributed by atoms with Gasteiger partial charge in [0.1, 0.15) is 5.75 Å². The highest BCUT2D eigenvalue weighted by atomic mass is 32.2. The summed E-state index contributed by atoms with van der Waals surface area (Å²) in [5, 5.41) is 0. The van der Waals surface area contributed by atoms with Gasteiger partial charge in [-0.15, -0.1) is 0 Å². The third-order valence-corrected chi connectivity index (χ3v) is 5.94. The van der Waals surface area contributed by atoms with E-state index in [1.165, 1.54) is 12.1 Å². The molecule has 0 aromatic heterocycles. The van der Waals surface area contributed by atoms with Crippen molar-refractivity contribution in [3.8, 4) is 5.75 Å². The minimum atomic E-state index is -3.86. The minimum Gasteiger partial charge on any atom is -0.497 e. The predicted molar refractivity (Wildman–Crippen MR) is 95.7 cm³/mol. The molecule has 0 spiro atoms. The average Bonchev–Trinajstić information content (AvgIpc) is 2.62. The van der Waals surface area contributed by atoms with E-state index in [0.717, 1.165) is 9.87 Å². The second kappa shape index (κ2) is 6.72. The highest BCUT2D eigenvalue weighted by Crippen LogP contribution is 2.28. The molecule has 6 heteroatoms. The van der Waals surface area contributed by atoms with Gasteiger partial charge in [0.15, 0.2) is 0 Å². The highest BCUT2D eigenvalue weighted by molar-refractivity contribution is 7.89. The molecule has 0 radical (unpaired) electrons. The highest BCUT2D eigenvalue weighted by Gasteiger charge is 2.33. The molecule has 5 nitrogen and oxygen atoms in total. The van der Waals surface area contributed by atoms with E-state index in [0.29, 0.717) is 23.3 Å². The molecule has 2 aromatic carbocycles. The number of methoxy groups -OCH3 is 1. The lowest BCUT2D eigenvalue weighted by molar-refractivity contribution is -0.120. The Morgan fingerprint density at radius 1 is 1.00 bits per heavy atom. The Morgan fingerprint density at radius 2 is 1.64 bits per heavy atom. The van der Waals surface area contributed by atoms with Gasteiger partial charge in [0.05, 0.1) is 12.0 Å². The van der Waals surface area contributed by atoms with E-state index < -0.39 is 15.9 Å². The van der Waals surface area contributed by atoms with Crippen molar-refractivity contribution >= 4 is 21.5 Å². The zero-order chi connectivity index (χ0) is 18.0. The van der Waals surface area contributed by atoms with Gasteiger partial charge in [-0.05, 0) is 43.2 Å². The van der Waals surface area contributed by atoms with Crippen molar-refractivity contribution in [3.05, 3.63) is 65.7 Å². The van der Waals surface area contributed by atoms with Gasteiger partial charge in [-0.1, -0.05) is 35.9 Å². The van der Waals surface area contributed by atoms with Gasteiger partial charge in [0.2, 0.25) is 0 Å². The van der Waals surface area contributed by atoms with Crippen LogP contribution in [0.25, 0.3) is 5.57 Å². The third kappa shape index (κ3) is 3.30. The van der Waals surface area contributed by atoms with Crippen LogP contribution in [0.5, 0.6) is 5.75 Å². The Balaban J connectivity index is 1.93. The van der Waals surface area contributed by atoms with Crippen LogP contribution in [0.3, 0.4) is 0 Å². The number of ether oxygens (including phenoxy) is 1. The fourth-order valence-electron chi connectivity index (χ4n) is 2.73. The Kier molecular flexibility index (Phi) is 4.63. The van der Waals surface area contributed by atoms with Gasteiger partial charge in [0, 0.05) is 12.1 Å². The first-order valence-electron chi connectivity index (χ1n) is 7.92. The third-order valence-electron chi connectivity index (χ3n) is 4.15. The maximum atomic E-state index is 12.8. The molecule has 0 saturated heterocycles. The summed E-state index contributed by atoms with van der Waals surface area (Å²) in [5.74, 6) is 0.175. The van der Waals surface area contributed by atoms with E-state index in [1.807, 2.05) is 6.92 Å². The molecule has 1 aliphatic heterocycles. The lowest BCUT2D eigenvalue weighted by Gasteiger charge is -2.27. The molecular formula is C19H19NO4S. The summed E-state index contributed by atoms with van der Waals surface area (Å²) >= 11 is 0. The van der Waals surface area contributed by atoms with E-state index in [-0.39, 0.29) is 11.4 Å². The Bertz CT molecular complexity index is 913. The topological polar surface area (TPSA) is 63.7 Å². The van der Waals surface area contributed by atoms with Crippen LogP contribution in [0.4, 0.5) is 0 Å². The molecule has 2 aromatic rings. The first-order chi connectivity index (χ1) is 11.9. The SMILES string of the molecule is COc1ccc(C2=CCCN(S(=O)(=O)c3ccc(C)cc3)C2=O)cc1. The molecular weight excluding hydrogens is 338 g/mol. The zero-order valence-electron chi connectivity index (χ0n) is 14.1. The molecule has 25 heavy (non-hydrogen) atoms. The normalized spacial score (nSPS) is 15.0. The van der Waals surface area contributed by atoms with Gasteiger partial charge in [0.25, 0.3) is 15.9 Å². The number of benzene rings is 2. The van der Waals surface area contributed by atoms with Crippen molar-refractivity contribution in [1.82, 2.24) is 4.31 Å². The summed E-state index contributed by atoms with van der Waals surface area (Å²) in [4.78, 5) is 12.9. The van der Waals surface area contributed by atoms with Crippen molar-refractivity contribution in [3.63, 3.8) is 0 Å². The molecule has 0 atom stereocenters. The fourth-order valence-corrected chi connectivity index (χ4v) is 4.12. The molecule has 1 heterocycles. The number of amides is 1. The number of nitrogens with zero attached hydrogens (tertiary/aromatic N) is 1. The molecule has 0 N–H and O–H groups in total. The van der Waals surface area contributed by atoms with Crippen molar-refractivity contribution < 1.29 is 17.9 Å². The molecule has 0 saturated carbocycles. The van der Waals surface area contributed by atoms with Gasteiger partial charge in [-0.2, -0.15) is 0 Å². The number of carbonyl (C=O) groups excluding carboxylic acids is 1. The van der Waals surface area contributed by atoms with Gasteiger partial charge < -0.3 is 4.74 Å². The van der Waals surface area contributed by atoms with Gasteiger partial charge in [-0.25, -0.2) is 12.7 Å². The molecule has 0 aliphatic carbocycles. The Morgan fingerprint density at radius 3 is 2.24 bits per heavy atom.